The molecule has 0 aliphatic carbocycles. The number of piperidine rings is 1. The van der Waals surface area contributed by atoms with Crippen LogP contribution in [-0.2, 0) is 6.54 Å². The minimum absolute atomic E-state index is 0.568. The number of hydrogen-bond acceptors (Lipinski definition) is 4. The van der Waals surface area contributed by atoms with Crippen LogP contribution in [0.4, 0.5) is 11.4 Å². The molecule has 146 valence electrons. The molecule has 27 heavy (non-hydrogen) atoms. The molecule has 1 heterocycles. The molecule has 0 radical (unpaired) electrons. The van der Waals surface area contributed by atoms with Crippen LogP contribution in [0.5, 0.6) is 11.5 Å². The van der Waals surface area contributed by atoms with E-state index in [4.69, 9.17) is 32.7 Å². The quantitative estimate of drug-likeness (QED) is 0.608. The van der Waals surface area contributed by atoms with Crippen LogP contribution in [0.15, 0.2) is 30.3 Å². The summed E-state index contributed by atoms with van der Waals surface area (Å²) in [5, 5.41) is 4.81. The van der Waals surface area contributed by atoms with Crippen molar-refractivity contribution in [2.24, 2.45) is 0 Å². The molecule has 6 heteroatoms. The molecule has 3 rings (SSSR count). The number of halogens is 2. The predicted molar refractivity (Wildman–Crippen MR) is 114 cm³/mol. The van der Waals surface area contributed by atoms with Gasteiger partial charge in [-0.05, 0) is 56.0 Å². The third-order valence-electron chi connectivity index (χ3n) is 4.76. The number of rotatable bonds is 7. The van der Waals surface area contributed by atoms with Gasteiger partial charge < -0.3 is 19.7 Å². The Bertz CT molecular complexity index is 777. The van der Waals surface area contributed by atoms with Gasteiger partial charge in [-0.25, -0.2) is 0 Å². The highest BCUT2D eigenvalue weighted by atomic mass is 35.5. The van der Waals surface area contributed by atoms with Gasteiger partial charge in [0.1, 0.15) is 0 Å². The molecule has 4 nitrogen and oxygen atoms in total. The molecule has 2 aromatic rings. The first-order valence-corrected chi connectivity index (χ1v) is 10.2. The number of hydrogen-bond donors (Lipinski definition) is 1. The summed E-state index contributed by atoms with van der Waals surface area (Å²) in [7, 11) is 1.61. The van der Waals surface area contributed by atoms with Crippen molar-refractivity contribution in [3.8, 4) is 11.5 Å². The van der Waals surface area contributed by atoms with E-state index in [9.17, 15) is 0 Å². The average molecular weight is 409 g/mol. The van der Waals surface area contributed by atoms with E-state index in [1.54, 1.807) is 13.2 Å². The van der Waals surface area contributed by atoms with Crippen LogP contribution in [0.2, 0.25) is 10.0 Å². The summed E-state index contributed by atoms with van der Waals surface area (Å²) >= 11 is 12.9. The zero-order valence-corrected chi connectivity index (χ0v) is 17.4. The smallest absolute Gasteiger partial charge is 0.162 e. The van der Waals surface area contributed by atoms with Crippen LogP contribution in [-0.4, -0.2) is 26.8 Å². The van der Waals surface area contributed by atoms with Gasteiger partial charge in [-0.1, -0.05) is 23.2 Å². The molecule has 0 spiro atoms. The first-order valence-electron chi connectivity index (χ1n) is 9.40. The van der Waals surface area contributed by atoms with Gasteiger partial charge in [0.15, 0.2) is 11.5 Å². The Morgan fingerprint density at radius 3 is 2.44 bits per heavy atom. The van der Waals surface area contributed by atoms with Crippen LogP contribution >= 0.6 is 23.2 Å². The van der Waals surface area contributed by atoms with E-state index >= 15 is 0 Å². The van der Waals surface area contributed by atoms with E-state index in [0.717, 1.165) is 35.1 Å². The first-order chi connectivity index (χ1) is 13.1. The highest BCUT2D eigenvalue weighted by Crippen LogP contribution is 2.34. The summed E-state index contributed by atoms with van der Waals surface area (Å²) in [5.41, 5.74) is 3.02. The van der Waals surface area contributed by atoms with Crippen LogP contribution in [0, 0.1) is 0 Å². The van der Waals surface area contributed by atoms with Crippen molar-refractivity contribution in [2.75, 3.05) is 37.0 Å². The van der Waals surface area contributed by atoms with Gasteiger partial charge in [-0.15, -0.1) is 0 Å². The number of benzene rings is 2. The van der Waals surface area contributed by atoms with Gasteiger partial charge in [0, 0.05) is 36.4 Å². The van der Waals surface area contributed by atoms with Crippen LogP contribution in [0.3, 0.4) is 0 Å². The molecule has 1 N–H and O–H groups in total. The highest BCUT2D eigenvalue weighted by molar-refractivity contribution is 6.33. The average Bonchev–Trinajstić information content (AvgIpc) is 2.69. The minimum atomic E-state index is 0.568. The molecule has 2 aromatic carbocycles. The Balaban J connectivity index is 1.71. The summed E-state index contributed by atoms with van der Waals surface area (Å²) in [5.74, 6) is 1.33. The van der Waals surface area contributed by atoms with E-state index in [2.05, 4.69) is 22.3 Å². The first kappa shape index (κ1) is 20.0. The zero-order chi connectivity index (χ0) is 19.2. The fourth-order valence-corrected chi connectivity index (χ4v) is 3.87. The summed E-state index contributed by atoms with van der Waals surface area (Å²) < 4.78 is 11.0. The molecule has 1 aliphatic heterocycles. The molecule has 0 aromatic heterocycles. The van der Waals surface area contributed by atoms with Gasteiger partial charge in [0.05, 0.1) is 24.4 Å². The lowest BCUT2D eigenvalue weighted by Crippen LogP contribution is -2.29. The van der Waals surface area contributed by atoms with Crippen LogP contribution in [0.25, 0.3) is 0 Å². The second kappa shape index (κ2) is 9.43. The number of anilines is 2. The molecule has 0 unspecified atom stereocenters. The third kappa shape index (κ3) is 4.94. The molecule has 1 fully saturated rings. The van der Waals surface area contributed by atoms with Crippen molar-refractivity contribution in [1.29, 1.82) is 0 Å². The zero-order valence-electron chi connectivity index (χ0n) is 15.9. The fourth-order valence-electron chi connectivity index (χ4n) is 3.35. The van der Waals surface area contributed by atoms with E-state index < -0.39 is 0 Å². The van der Waals surface area contributed by atoms with Crippen molar-refractivity contribution in [3.63, 3.8) is 0 Å². The van der Waals surface area contributed by atoms with E-state index in [1.165, 1.54) is 19.3 Å². The maximum Gasteiger partial charge on any atom is 0.162 e. The van der Waals surface area contributed by atoms with Gasteiger partial charge in [-0.2, -0.15) is 0 Å². The van der Waals surface area contributed by atoms with Crippen molar-refractivity contribution >= 4 is 34.6 Å². The Kier molecular flexibility index (Phi) is 6.97. The monoisotopic (exact) mass is 408 g/mol. The Morgan fingerprint density at radius 1 is 1.00 bits per heavy atom. The highest BCUT2D eigenvalue weighted by Gasteiger charge is 2.14. The van der Waals surface area contributed by atoms with E-state index in [1.807, 2.05) is 19.1 Å². The SMILES string of the molecule is CCOc1cc(CNc2ccc(N3CCCCC3)c(Cl)c2)c(Cl)cc1OC. The Labute approximate surface area is 171 Å². The van der Waals surface area contributed by atoms with Crippen molar-refractivity contribution in [1.82, 2.24) is 0 Å². The molecule has 0 bridgehead atoms. The molecular weight excluding hydrogens is 383 g/mol. The normalized spacial score (nSPS) is 14.1. The summed E-state index contributed by atoms with van der Waals surface area (Å²) in [6, 6.07) is 9.84. The Morgan fingerprint density at radius 2 is 1.78 bits per heavy atom. The maximum atomic E-state index is 6.54. The topological polar surface area (TPSA) is 33.7 Å². The minimum Gasteiger partial charge on any atom is -0.493 e. The lowest BCUT2D eigenvalue weighted by Gasteiger charge is -2.29. The predicted octanol–water partition coefficient (Wildman–Crippen LogP) is 6.00. The molecule has 0 atom stereocenters. The standard InChI is InChI=1S/C21H26Cl2N2O2/c1-3-27-21-11-15(17(22)13-20(21)26-2)14-24-16-7-8-19(18(23)12-16)25-9-5-4-6-10-25/h7-8,11-13,24H,3-6,9-10,14H2,1-2H3. The lowest BCUT2D eigenvalue weighted by atomic mass is 10.1. The number of nitrogens with zero attached hydrogens (tertiary/aromatic N) is 1. The molecule has 1 aliphatic rings. The van der Waals surface area contributed by atoms with Crippen molar-refractivity contribution in [2.45, 2.75) is 32.7 Å². The van der Waals surface area contributed by atoms with Crippen molar-refractivity contribution in [3.05, 3.63) is 45.9 Å². The summed E-state index contributed by atoms with van der Waals surface area (Å²) in [6.07, 6.45) is 3.77. The fraction of sp³-hybridized carbons (Fsp3) is 0.429. The van der Waals surface area contributed by atoms with Crippen molar-refractivity contribution < 1.29 is 9.47 Å². The van der Waals surface area contributed by atoms with Gasteiger partial charge >= 0.3 is 0 Å². The second-order valence-corrected chi connectivity index (χ2v) is 7.41. The van der Waals surface area contributed by atoms with Crippen LogP contribution < -0.4 is 19.7 Å². The van der Waals surface area contributed by atoms with Gasteiger partial charge in [0.25, 0.3) is 0 Å². The van der Waals surface area contributed by atoms with E-state index in [0.29, 0.717) is 29.7 Å². The summed E-state index contributed by atoms with van der Waals surface area (Å²) in [6.45, 7) is 5.24. The van der Waals surface area contributed by atoms with Gasteiger partial charge in [0.2, 0.25) is 0 Å². The van der Waals surface area contributed by atoms with Crippen LogP contribution in [0.1, 0.15) is 31.7 Å². The number of ether oxygens (including phenoxy) is 2. The molecule has 0 amide bonds. The maximum absolute atomic E-state index is 6.54. The number of nitrogens with one attached hydrogen (secondary N) is 1. The number of methoxy groups -OCH3 is 1. The Hall–Kier alpha value is -1.78. The third-order valence-corrected chi connectivity index (χ3v) is 5.41. The molecule has 0 saturated carbocycles. The van der Waals surface area contributed by atoms with Gasteiger partial charge in [-0.3, -0.25) is 0 Å². The largest absolute Gasteiger partial charge is 0.493 e. The van der Waals surface area contributed by atoms with E-state index in [-0.39, 0.29) is 0 Å². The lowest BCUT2D eigenvalue weighted by molar-refractivity contribution is 0.310. The second-order valence-electron chi connectivity index (χ2n) is 6.59. The molecule has 1 saturated heterocycles. The summed E-state index contributed by atoms with van der Waals surface area (Å²) in [4.78, 5) is 2.37. The molecular formula is C21H26Cl2N2O2.